The van der Waals surface area contributed by atoms with Gasteiger partial charge in [0.2, 0.25) is 0 Å². The number of nitrogens with zero attached hydrogens (tertiary/aromatic N) is 1. The molecule has 0 unspecified atom stereocenters. The fourth-order valence-electron chi connectivity index (χ4n) is 2.24. The monoisotopic (exact) mass is 250 g/mol. The Balaban J connectivity index is 2.22. The second-order valence-corrected chi connectivity index (χ2v) is 4.34. The molecule has 0 saturated heterocycles. The number of ether oxygens (including phenoxy) is 1. The van der Waals surface area contributed by atoms with Crippen molar-refractivity contribution < 1.29 is 4.74 Å². The van der Waals surface area contributed by atoms with E-state index in [1.807, 2.05) is 30.3 Å². The summed E-state index contributed by atoms with van der Waals surface area (Å²) in [5.41, 5.74) is 9.70. The lowest BCUT2D eigenvalue weighted by Gasteiger charge is -2.09. The van der Waals surface area contributed by atoms with Crippen LogP contribution >= 0.6 is 0 Å². The van der Waals surface area contributed by atoms with Crippen LogP contribution in [0.25, 0.3) is 22.0 Å². The molecule has 3 nitrogen and oxygen atoms in total. The van der Waals surface area contributed by atoms with Crippen molar-refractivity contribution >= 4 is 16.6 Å². The smallest absolute Gasteiger partial charge is 0.141 e. The SMILES string of the molecule is COc1ccc(-c2cccc3cccnc23)cc1N. The van der Waals surface area contributed by atoms with Crippen molar-refractivity contribution in [1.29, 1.82) is 0 Å². The van der Waals surface area contributed by atoms with Gasteiger partial charge in [0, 0.05) is 17.1 Å². The molecule has 0 bridgehead atoms. The Hall–Kier alpha value is -2.55. The van der Waals surface area contributed by atoms with Crippen LogP contribution in [-0.4, -0.2) is 12.1 Å². The second-order valence-electron chi connectivity index (χ2n) is 4.34. The van der Waals surface area contributed by atoms with Crippen molar-refractivity contribution in [3.63, 3.8) is 0 Å². The van der Waals surface area contributed by atoms with E-state index in [0.29, 0.717) is 11.4 Å². The first-order valence-corrected chi connectivity index (χ1v) is 6.07. The van der Waals surface area contributed by atoms with Crippen molar-refractivity contribution in [3.8, 4) is 16.9 Å². The Morgan fingerprint density at radius 2 is 1.89 bits per heavy atom. The van der Waals surface area contributed by atoms with Crippen LogP contribution in [0.5, 0.6) is 5.75 Å². The second kappa shape index (κ2) is 4.61. The van der Waals surface area contributed by atoms with Gasteiger partial charge in [0.1, 0.15) is 5.75 Å². The van der Waals surface area contributed by atoms with Gasteiger partial charge in [-0.15, -0.1) is 0 Å². The van der Waals surface area contributed by atoms with Crippen LogP contribution in [-0.2, 0) is 0 Å². The number of fused-ring (bicyclic) bond motifs is 1. The summed E-state index contributed by atoms with van der Waals surface area (Å²) in [5.74, 6) is 0.692. The van der Waals surface area contributed by atoms with Gasteiger partial charge in [0.15, 0.2) is 0 Å². The highest BCUT2D eigenvalue weighted by molar-refractivity contribution is 5.94. The van der Waals surface area contributed by atoms with E-state index in [0.717, 1.165) is 22.0 Å². The van der Waals surface area contributed by atoms with Gasteiger partial charge in [-0.1, -0.05) is 30.3 Å². The van der Waals surface area contributed by atoms with Gasteiger partial charge < -0.3 is 10.5 Å². The molecule has 3 aromatic rings. The van der Waals surface area contributed by atoms with E-state index >= 15 is 0 Å². The molecule has 0 atom stereocenters. The molecule has 0 fully saturated rings. The molecule has 0 saturated carbocycles. The molecule has 0 aliphatic heterocycles. The normalized spacial score (nSPS) is 10.6. The van der Waals surface area contributed by atoms with Gasteiger partial charge in [0.05, 0.1) is 18.3 Å². The highest BCUT2D eigenvalue weighted by atomic mass is 16.5. The molecule has 3 rings (SSSR count). The highest BCUT2D eigenvalue weighted by Gasteiger charge is 2.07. The molecule has 0 radical (unpaired) electrons. The maximum atomic E-state index is 5.97. The molecule has 3 heteroatoms. The van der Waals surface area contributed by atoms with Gasteiger partial charge in [-0.3, -0.25) is 4.98 Å². The summed E-state index contributed by atoms with van der Waals surface area (Å²) in [6.45, 7) is 0. The first-order valence-electron chi connectivity index (χ1n) is 6.07. The Morgan fingerprint density at radius 3 is 2.68 bits per heavy atom. The molecular formula is C16H14N2O. The van der Waals surface area contributed by atoms with E-state index in [9.17, 15) is 0 Å². The first-order chi connectivity index (χ1) is 9.29. The molecule has 19 heavy (non-hydrogen) atoms. The van der Waals surface area contributed by atoms with E-state index in [1.54, 1.807) is 13.3 Å². The number of para-hydroxylation sites is 1. The lowest BCUT2D eigenvalue weighted by molar-refractivity contribution is 0.417. The summed E-state index contributed by atoms with van der Waals surface area (Å²) in [4.78, 5) is 4.46. The number of anilines is 1. The van der Waals surface area contributed by atoms with Crippen LogP contribution in [0.15, 0.2) is 54.7 Å². The maximum Gasteiger partial charge on any atom is 0.141 e. The molecule has 1 aromatic heterocycles. The van der Waals surface area contributed by atoms with E-state index < -0.39 is 0 Å². The fourth-order valence-corrected chi connectivity index (χ4v) is 2.24. The van der Waals surface area contributed by atoms with Crippen LogP contribution in [0, 0.1) is 0 Å². The number of hydrogen-bond donors (Lipinski definition) is 1. The largest absolute Gasteiger partial charge is 0.495 e. The molecule has 2 aromatic carbocycles. The topological polar surface area (TPSA) is 48.1 Å². The quantitative estimate of drug-likeness (QED) is 0.708. The van der Waals surface area contributed by atoms with Crippen LogP contribution in [0.1, 0.15) is 0 Å². The van der Waals surface area contributed by atoms with Crippen molar-refractivity contribution in [1.82, 2.24) is 4.98 Å². The molecule has 0 aliphatic carbocycles. The average Bonchev–Trinajstić information content (AvgIpc) is 2.46. The number of methoxy groups -OCH3 is 1. The summed E-state index contributed by atoms with van der Waals surface area (Å²) in [6, 6.07) is 15.9. The Bertz CT molecular complexity index is 732. The van der Waals surface area contributed by atoms with E-state index in [2.05, 4.69) is 23.2 Å². The highest BCUT2D eigenvalue weighted by Crippen LogP contribution is 2.31. The predicted molar refractivity (Wildman–Crippen MR) is 78.1 cm³/mol. The number of nitrogens with two attached hydrogens (primary N) is 1. The zero-order valence-electron chi connectivity index (χ0n) is 10.6. The number of rotatable bonds is 2. The van der Waals surface area contributed by atoms with Gasteiger partial charge in [-0.05, 0) is 23.8 Å². The molecule has 0 spiro atoms. The van der Waals surface area contributed by atoms with E-state index in [1.165, 1.54) is 0 Å². The summed E-state index contributed by atoms with van der Waals surface area (Å²) < 4.78 is 5.18. The number of hydrogen-bond acceptors (Lipinski definition) is 3. The molecule has 0 amide bonds. The summed E-state index contributed by atoms with van der Waals surface area (Å²) in [5, 5.41) is 1.12. The molecule has 2 N–H and O–H groups in total. The zero-order valence-corrected chi connectivity index (χ0v) is 10.6. The fraction of sp³-hybridized carbons (Fsp3) is 0.0625. The summed E-state index contributed by atoms with van der Waals surface area (Å²) in [6.07, 6.45) is 1.80. The van der Waals surface area contributed by atoms with Gasteiger partial charge in [0.25, 0.3) is 0 Å². The molecule has 94 valence electrons. The molecule has 0 aliphatic rings. The van der Waals surface area contributed by atoms with Crippen molar-refractivity contribution in [2.45, 2.75) is 0 Å². The van der Waals surface area contributed by atoms with Gasteiger partial charge in [-0.2, -0.15) is 0 Å². The predicted octanol–water partition coefficient (Wildman–Crippen LogP) is 3.49. The first kappa shape index (κ1) is 11.5. The van der Waals surface area contributed by atoms with Crippen molar-refractivity contribution in [3.05, 3.63) is 54.7 Å². The number of pyridine rings is 1. The third-order valence-corrected chi connectivity index (χ3v) is 3.17. The lowest BCUT2D eigenvalue weighted by atomic mass is 10.0. The number of nitrogen functional groups attached to an aromatic ring is 1. The lowest BCUT2D eigenvalue weighted by Crippen LogP contribution is -1.93. The average molecular weight is 250 g/mol. The maximum absolute atomic E-state index is 5.97. The van der Waals surface area contributed by atoms with E-state index in [-0.39, 0.29) is 0 Å². The Morgan fingerprint density at radius 1 is 1.05 bits per heavy atom. The minimum atomic E-state index is 0.632. The standard InChI is InChI=1S/C16H14N2O/c1-19-15-8-7-12(10-14(15)17)13-6-2-4-11-5-3-9-18-16(11)13/h2-10H,17H2,1H3. The molecule has 1 heterocycles. The number of benzene rings is 2. The summed E-state index contributed by atoms with van der Waals surface area (Å²) in [7, 11) is 1.62. The van der Waals surface area contributed by atoms with Crippen LogP contribution in [0.3, 0.4) is 0 Å². The van der Waals surface area contributed by atoms with Crippen molar-refractivity contribution in [2.24, 2.45) is 0 Å². The third kappa shape index (κ3) is 1.99. The van der Waals surface area contributed by atoms with Gasteiger partial charge in [-0.25, -0.2) is 0 Å². The minimum absolute atomic E-state index is 0.632. The third-order valence-electron chi connectivity index (χ3n) is 3.17. The number of aromatic nitrogens is 1. The zero-order chi connectivity index (χ0) is 13.2. The van der Waals surface area contributed by atoms with E-state index in [4.69, 9.17) is 10.5 Å². The van der Waals surface area contributed by atoms with Crippen LogP contribution in [0.4, 0.5) is 5.69 Å². The summed E-state index contributed by atoms with van der Waals surface area (Å²) >= 11 is 0. The van der Waals surface area contributed by atoms with Crippen LogP contribution in [0.2, 0.25) is 0 Å². The van der Waals surface area contributed by atoms with Crippen molar-refractivity contribution in [2.75, 3.05) is 12.8 Å². The van der Waals surface area contributed by atoms with Crippen LogP contribution < -0.4 is 10.5 Å². The Kier molecular flexibility index (Phi) is 2.80. The molecular weight excluding hydrogens is 236 g/mol. The minimum Gasteiger partial charge on any atom is -0.495 e. The Labute approximate surface area is 111 Å². The van der Waals surface area contributed by atoms with Gasteiger partial charge >= 0.3 is 0 Å².